The summed E-state index contributed by atoms with van der Waals surface area (Å²) in [5.74, 6) is 0. The first kappa shape index (κ1) is 11.2. The van der Waals surface area contributed by atoms with E-state index in [1.165, 1.54) is 15.4 Å². The van der Waals surface area contributed by atoms with Gasteiger partial charge in [-0.25, -0.2) is 0 Å². The van der Waals surface area contributed by atoms with E-state index in [1.54, 1.807) is 11.8 Å². The van der Waals surface area contributed by atoms with Gasteiger partial charge in [0.05, 0.1) is 0 Å². The fourth-order valence-electron chi connectivity index (χ4n) is 1.57. The Hall–Kier alpha value is -1.25. The molecule has 0 aliphatic heterocycles. The molecule has 0 unspecified atom stereocenters. The molecule has 0 aliphatic carbocycles. The Morgan fingerprint density at radius 3 is 2.25 bits per heavy atom. The summed E-state index contributed by atoms with van der Waals surface area (Å²) in [5.41, 5.74) is 7.16. The van der Waals surface area contributed by atoms with Crippen molar-refractivity contribution in [2.75, 3.05) is 0 Å². The lowest BCUT2D eigenvalue weighted by Gasteiger charge is -2.11. The van der Waals surface area contributed by atoms with E-state index in [2.05, 4.69) is 42.5 Å². The zero-order valence-electron chi connectivity index (χ0n) is 9.26. The molecular formula is C14H15NS. The number of hydrogen-bond acceptors (Lipinski definition) is 2. The maximum Gasteiger partial charge on any atom is 0.0277 e. The molecule has 0 radical (unpaired) electrons. The van der Waals surface area contributed by atoms with Crippen LogP contribution in [0.25, 0.3) is 0 Å². The molecular weight excluding hydrogens is 214 g/mol. The molecule has 0 saturated carbocycles. The zero-order chi connectivity index (χ0) is 11.4. The highest BCUT2D eigenvalue weighted by Crippen LogP contribution is 2.32. The van der Waals surface area contributed by atoms with Crippen molar-refractivity contribution in [2.24, 2.45) is 5.73 Å². The molecule has 0 spiro atoms. The third-order valence-electron chi connectivity index (χ3n) is 2.38. The first-order valence-corrected chi connectivity index (χ1v) is 6.16. The Kier molecular flexibility index (Phi) is 3.65. The lowest BCUT2D eigenvalue weighted by atomic mass is 10.1. The number of hydrogen-bond donors (Lipinski definition) is 1. The van der Waals surface area contributed by atoms with Gasteiger partial charge in [0.15, 0.2) is 0 Å². The lowest BCUT2D eigenvalue weighted by molar-refractivity contribution is 0.797. The maximum absolute atomic E-state index is 5.95. The van der Waals surface area contributed by atoms with Crippen LogP contribution in [0, 0.1) is 0 Å². The number of rotatable bonds is 3. The third kappa shape index (κ3) is 2.65. The summed E-state index contributed by atoms with van der Waals surface area (Å²) < 4.78 is 0. The van der Waals surface area contributed by atoms with E-state index in [0.29, 0.717) is 0 Å². The average Bonchev–Trinajstić information content (AvgIpc) is 2.31. The topological polar surface area (TPSA) is 26.0 Å². The molecule has 2 aromatic carbocycles. The Morgan fingerprint density at radius 1 is 0.938 bits per heavy atom. The zero-order valence-corrected chi connectivity index (χ0v) is 10.1. The van der Waals surface area contributed by atoms with Crippen molar-refractivity contribution in [3.8, 4) is 0 Å². The van der Waals surface area contributed by atoms with Gasteiger partial charge in [-0.2, -0.15) is 0 Å². The molecule has 0 heterocycles. The summed E-state index contributed by atoms with van der Waals surface area (Å²) in [6.07, 6.45) is 0. The van der Waals surface area contributed by atoms with Crippen molar-refractivity contribution in [3.63, 3.8) is 0 Å². The molecule has 16 heavy (non-hydrogen) atoms. The smallest absolute Gasteiger partial charge is 0.0277 e. The molecule has 0 fully saturated rings. The van der Waals surface area contributed by atoms with Gasteiger partial charge >= 0.3 is 0 Å². The molecule has 1 nitrogen and oxygen atoms in total. The molecule has 82 valence electrons. The van der Waals surface area contributed by atoms with E-state index in [4.69, 9.17) is 5.73 Å². The van der Waals surface area contributed by atoms with Crippen LogP contribution in [0.4, 0.5) is 0 Å². The minimum absolute atomic E-state index is 0.0763. The standard InChI is InChI=1S/C14H15NS/c1-11(15)13-9-5-6-10-14(13)16-12-7-3-2-4-8-12/h2-11H,15H2,1H3/t11-/m0/s1. The van der Waals surface area contributed by atoms with E-state index in [1.807, 2.05) is 19.1 Å². The van der Waals surface area contributed by atoms with E-state index in [9.17, 15) is 0 Å². The average molecular weight is 229 g/mol. The maximum atomic E-state index is 5.95. The van der Waals surface area contributed by atoms with Crippen LogP contribution in [0.5, 0.6) is 0 Å². The largest absolute Gasteiger partial charge is 0.324 e. The Morgan fingerprint density at radius 2 is 1.56 bits per heavy atom. The highest BCUT2D eigenvalue weighted by Gasteiger charge is 2.06. The molecule has 1 atom stereocenters. The summed E-state index contributed by atoms with van der Waals surface area (Å²) in [4.78, 5) is 2.49. The monoisotopic (exact) mass is 229 g/mol. The Balaban J connectivity index is 2.28. The highest BCUT2D eigenvalue weighted by atomic mass is 32.2. The fraction of sp³-hybridized carbons (Fsp3) is 0.143. The SMILES string of the molecule is C[C@H](N)c1ccccc1Sc1ccccc1. The van der Waals surface area contributed by atoms with Crippen LogP contribution in [0.2, 0.25) is 0 Å². The van der Waals surface area contributed by atoms with Gasteiger partial charge in [0, 0.05) is 15.8 Å². The van der Waals surface area contributed by atoms with Crippen molar-refractivity contribution >= 4 is 11.8 Å². The summed E-state index contributed by atoms with van der Waals surface area (Å²) in [7, 11) is 0. The minimum Gasteiger partial charge on any atom is -0.324 e. The van der Waals surface area contributed by atoms with Crippen molar-refractivity contribution < 1.29 is 0 Å². The molecule has 2 N–H and O–H groups in total. The van der Waals surface area contributed by atoms with Crippen LogP contribution in [0.15, 0.2) is 64.4 Å². The normalized spacial score (nSPS) is 12.4. The fourth-order valence-corrected chi connectivity index (χ4v) is 2.63. The second-order valence-electron chi connectivity index (χ2n) is 3.74. The first-order chi connectivity index (χ1) is 7.77. The summed E-state index contributed by atoms with van der Waals surface area (Å²) >= 11 is 1.76. The van der Waals surface area contributed by atoms with E-state index in [-0.39, 0.29) is 6.04 Å². The molecule has 0 aromatic heterocycles. The van der Waals surface area contributed by atoms with Crippen LogP contribution in [-0.2, 0) is 0 Å². The number of benzene rings is 2. The lowest BCUT2D eigenvalue weighted by Crippen LogP contribution is -2.05. The summed E-state index contributed by atoms with van der Waals surface area (Å²) in [5, 5.41) is 0. The molecule has 2 heteroatoms. The second-order valence-corrected chi connectivity index (χ2v) is 4.86. The number of nitrogens with two attached hydrogens (primary N) is 1. The van der Waals surface area contributed by atoms with Gasteiger partial charge in [0.2, 0.25) is 0 Å². The van der Waals surface area contributed by atoms with Crippen LogP contribution in [0.1, 0.15) is 18.5 Å². The molecule has 0 bridgehead atoms. The highest BCUT2D eigenvalue weighted by molar-refractivity contribution is 7.99. The van der Waals surface area contributed by atoms with Crippen molar-refractivity contribution in [1.82, 2.24) is 0 Å². The van der Waals surface area contributed by atoms with E-state index in [0.717, 1.165) is 0 Å². The summed E-state index contributed by atoms with van der Waals surface area (Å²) in [6.45, 7) is 2.02. The van der Waals surface area contributed by atoms with Gasteiger partial charge in [-0.05, 0) is 30.7 Å². The van der Waals surface area contributed by atoms with E-state index < -0.39 is 0 Å². The van der Waals surface area contributed by atoms with Crippen LogP contribution in [-0.4, -0.2) is 0 Å². The Labute approximate surface area is 101 Å². The van der Waals surface area contributed by atoms with Gasteiger partial charge in [0.25, 0.3) is 0 Å². The first-order valence-electron chi connectivity index (χ1n) is 5.35. The predicted octanol–water partition coefficient (Wildman–Crippen LogP) is 3.86. The third-order valence-corrected chi connectivity index (χ3v) is 3.48. The molecule has 2 aromatic rings. The molecule has 0 amide bonds. The van der Waals surface area contributed by atoms with Crippen molar-refractivity contribution in [3.05, 3.63) is 60.2 Å². The Bertz CT molecular complexity index is 451. The van der Waals surface area contributed by atoms with Crippen LogP contribution < -0.4 is 5.73 Å². The van der Waals surface area contributed by atoms with Crippen molar-refractivity contribution in [2.45, 2.75) is 22.8 Å². The molecule has 0 saturated heterocycles. The summed E-state index contributed by atoms with van der Waals surface area (Å²) in [6, 6.07) is 18.7. The van der Waals surface area contributed by atoms with E-state index >= 15 is 0 Å². The van der Waals surface area contributed by atoms with Crippen LogP contribution in [0.3, 0.4) is 0 Å². The van der Waals surface area contributed by atoms with Gasteiger partial charge < -0.3 is 5.73 Å². The molecule has 0 aliphatic rings. The van der Waals surface area contributed by atoms with Gasteiger partial charge in [-0.3, -0.25) is 0 Å². The van der Waals surface area contributed by atoms with Crippen LogP contribution >= 0.6 is 11.8 Å². The predicted molar refractivity (Wildman–Crippen MR) is 69.6 cm³/mol. The quantitative estimate of drug-likeness (QED) is 0.865. The van der Waals surface area contributed by atoms with Gasteiger partial charge in [0.1, 0.15) is 0 Å². The van der Waals surface area contributed by atoms with Gasteiger partial charge in [-0.15, -0.1) is 0 Å². The second kappa shape index (κ2) is 5.19. The minimum atomic E-state index is 0.0763. The van der Waals surface area contributed by atoms with Gasteiger partial charge in [-0.1, -0.05) is 48.2 Å². The molecule has 2 rings (SSSR count). The van der Waals surface area contributed by atoms with Crippen molar-refractivity contribution in [1.29, 1.82) is 0 Å².